The lowest BCUT2D eigenvalue weighted by Gasteiger charge is -2.12. The largest absolute Gasteiger partial charge is 0.367 e. The van der Waals surface area contributed by atoms with Crippen LogP contribution in [-0.4, -0.2) is 16.0 Å². The third kappa shape index (κ3) is 2.61. The van der Waals surface area contributed by atoms with Crippen molar-refractivity contribution in [1.29, 1.82) is 0 Å². The summed E-state index contributed by atoms with van der Waals surface area (Å²) in [6, 6.07) is 4.14. The van der Waals surface area contributed by atoms with Crippen molar-refractivity contribution in [2.24, 2.45) is 0 Å². The van der Waals surface area contributed by atoms with Gasteiger partial charge in [-0.3, -0.25) is 0 Å². The van der Waals surface area contributed by atoms with Gasteiger partial charge < -0.3 is 5.32 Å². The molecule has 3 nitrogen and oxygen atoms in total. The van der Waals surface area contributed by atoms with Crippen LogP contribution in [-0.2, 0) is 0 Å². The van der Waals surface area contributed by atoms with Crippen molar-refractivity contribution in [3.8, 4) is 0 Å². The van der Waals surface area contributed by atoms with Crippen LogP contribution in [0.3, 0.4) is 0 Å². The van der Waals surface area contributed by atoms with Crippen LogP contribution in [0.5, 0.6) is 0 Å². The Balaban J connectivity index is 2.73. The van der Waals surface area contributed by atoms with Gasteiger partial charge in [-0.2, -0.15) is 0 Å². The van der Waals surface area contributed by atoms with Gasteiger partial charge in [0, 0.05) is 11.4 Å². The Labute approximate surface area is 110 Å². The predicted molar refractivity (Wildman–Crippen MR) is 73.1 cm³/mol. The molecule has 0 bridgehead atoms. The van der Waals surface area contributed by atoms with Crippen molar-refractivity contribution >= 4 is 39.9 Å². The van der Waals surface area contributed by atoms with Gasteiger partial charge in [0.1, 0.15) is 5.82 Å². The molecule has 2 aromatic rings. The number of halogens is 2. The Bertz CT molecular complexity index is 567. The minimum absolute atomic E-state index is 0.200. The summed E-state index contributed by atoms with van der Waals surface area (Å²) in [5.41, 5.74) is 1.75. The zero-order chi connectivity index (χ0) is 12.6. The minimum atomic E-state index is 0.200. The first-order chi connectivity index (χ1) is 7.97. The molecule has 1 aromatic carbocycles. The molecule has 0 saturated carbocycles. The topological polar surface area (TPSA) is 37.8 Å². The number of fused-ring (bicyclic) bond motifs is 1. The number of hydrogen-bond donors (Lipinski definition) is 1. The fourth-order valence-electron chi connectivity index (χ4n) is 1.68. The number of nitrogens with zero attached hydrogens (tertiary/aromatic N) is 2. The molecular weight excluding hydrogens is 257 g/mol. The maximum Gasteiger partial charge on any atom is 0.224 e. The lowest BCUT2D eigenvalue weighted by atomic mass is 10.1. The molecule has 2 rings (SSSR count). The number of rotatable bonds is 2. The van der Waals surface area contributed by atoms with E-state index in [4.69, 9.17) is 23.2 Å². The van der Waals surface area contributed by atoms with Gasteiger partial charge in [-0.25, -0.2) is 9.97 Å². The summed E-state index contributed by atoms with van der Waals surface area (Å²) in [5, 5.41) is 4.94. The fourth-order valence-corrected chi connectivity index (χ4v) is 2.17. The highest BCUT2D eigenvalue weighted by atomic mass is 35.5. The highest BCUT2D eigenvalue weighted by molar-refractivity contribution is 6.36. The van der Waals surface area contributed by atoms with Gasteiger partial charge in [0.15, 0.2) is 0 Å². The molecule has 90 valence electrons. The number of nitrogens with one attached hydrogen (secondary N) is 1. The highest BCUT2D eigenvalue weighted by Crippen LogP contribution is 2.29. The van der Waals surface area contributed by atoms with Gasteiger partial charge in [-0.1, -0.05) is 11.6 Å². The highest BCUT2D eigenvalue weighted by Gasteiger charge is 2.11. The first kappa shape index (κ1) is 12.4. The molecule has 0 aliphatic heterocycles. The van der Waals surface area contributed by atoms with Gasteiger partial charge >= 0.3 is 0 Å². The van der Waals surface area contributed by atoms with E-state index in [-0.39, 0.29) is 11.3 Å². The summed E-state index contributed by atoms with van der Waals surface area (Å²) in [5.74, 6) is 0.723. The Hall–Kier alpha value is -1.06. The quantitative estimate of drug-likeness (QED) is 0.836. The van der Waals surface area contributed by atoms with Crippen LogP contribution >= 0.6 is 23.2 Å². The number of benzene rings is 1. The van der Waals surface area contributed by atoms with E-state index in [2.05, 4.69) is 15.3 Å². The molecule has 0 amide bonds. The van der Waals surface area contributed by atoms with Crippen LogP contribution in [0.4, 0.5) is 5.82 Å². The van der Waals surface area contributed by atoms with E-state index in [9.17, 15) is 0 Å². The van der Waals surface area contributed by atoms with Crippen molar-refractivity contribution in [1.82, 2.24) is 9.97 Å². The van der Waals surface area contributed by atoms with Crippen molar-refractivity contribution in [2.45, 2.75) is 26.8 Å². The second kappa shape index (κ2) is 4.67. The molecule has 0 unspecified atom stereocenters. The summed E-state index contributed by atoms with van der Waals surface area (Å²) in [6.45, 7) is 6.07. The van der Waals surface area contributed by atoms with Gasteiger partial charge in [0.05, 0.1) is 10.5 Å². The van der Waals surface area contributed by atoms with E-state index in [1.807, 2.05) is 32.9 Å². The molecule has 0 aliphatic carbocycles. The van der Waals surface area contributed by atoms with Crippen LogP contribution in [0.2, 0.25) is 10.3 Å². The third-order valence-corrected chi connectivity index (χ3v) is 2.75. The van der Waals surface area contributed by atoms with Crippen LogP contribution in [0.15, 0.2) is 12.1 Å². The average Bonchev–Trinajstić information content (AvgIpc) is 2.19. The second-order valence-electron chi connectivity index (χ2n) is 4.28. The lowest BCUT2D eigenvalue weighted by Crippen LogP contribution is -2.12. The molecule has 0 spiro atoms. The van der Waals surface area contributed by atoms with E-state index in [1.165, 1.54) is 0 Å². The van der Waals surface area contributed by atoms with Crippen LogP contribution in [0, 0.1) is 6.92 Å². The maximum absolute atomic E-state index is 6.17. The molecule has 0 fully saturated rings. The fraction of sp³-hybridized carbons (Fsp3) is 0.333. The summed E-state index contributed by atoms with van der Waals surface area (Å²) in [4.78, 5) is 8.37. The molecule has 0 atom stereocenters. The van der Waals surface area contributed by atoms with Gasteiger partial charge in [0.25, 0.3) is 0 Å². The van der Waals surface area contributed by atoms with Gasteiger partial charge in [-0.05, 0) is 50.1 Å². The molecule has 5 heteroatoms. The molecule has 0 radical (unpaired) electrons. The molecule has 0 aliphatic rings. The Morgan fingerprint density at radius 2 is 1.88 bits per heavy atom. The van der Waals surface area contributed by atoms with E-state index in [0.717, 1.165) is 16.8 Å². The lowest BCUT2D eigenvalue weighted by molar-refractivity contribution is 0.890. The number of aryl methyl sites for hydroxylation is 1. The van der Waals surface area contributed by atoms with Crippen molar-refractivity contribution in [2.75, 3.05) is 5.32 Å². The zero-order valence-electron chi connectivity index (χ0n) is 9.88. The zero-order valence-corrected chi connectivity index (χ0v) is 11.4. The smallest absolute Gasteiger partial charge is 0.224 e. The Morgan fingerprint density at radius 3 is 2.53 bits per heavy atom. The monoisotopic (exact) mass is 269 g/mol. The van der Waals surface area contributed by atoms with Gasteiger partial charge in [0.2, 0.25) is 5.28 Å². The molecule has 0 saturated heterocycles. The normalized spacial score (nSPS) is 11.2. The number of aromatic nitrogens is 2. The van der Waals surface area contributed by atoms with Crippen LogP contribution in [0.1, 0.15) is 19.4 Å². The van der Waals surface area contributed by atoms with Crippen molar-refractivity contribution in [3.63, 3.8) is 0 Å². The van der Waals surface area contributed by atoms with Crippen LogP contribution < -0.4 is 5.32 Å². The molecule has 1 N–H and O–H groups in total. The molecule has 17 heavy (non-hydrogen) atoms. The number of hydrogen-bond acceptors (Lipinski definition) is 3. The predicted octanol–water partition coefficient (Wildman–Crippen LogP) is 4.07. The first-order valence-electron chi connectivity index (χ1n) is 5.37. The van der Waals surface area contributed by atoms with E-state index in [0.29, 0.717) is 10.5 Å². The molecular formula is C12H13Cl2N3. The third-order valence-electron chi connectivity index (χ3n) is 2.30. The summed E-state index contributed by atoms with van der Waals surface area (Å²) < 4.78 is 0. The summed E-state index contributed by atoms with van der Waals surface area (Å²) in [6.07, 6.45) is 0. The first-order valence-corrected chi connectivity index (χ1v) is 6.13. The minimum Gasteiger partial charge on any atom is -0.367 e. The van der Waals surface area contributed by atoms with Crippen molar-refractivity contribution < 1.29 is 0 Å². The van der Waals surface area contributed by atoms with Crippen molar-refractivity contribution in [3.05, 3.63) is 28.0 Å². The average molecular weight is 270 g/mol. The Kier molecular flexibility index (Phi) is 3.40. The second-order valence-corrected chi connectivity index (χ2v) is 5.03. The summed E-state index contributed by atoms with van der Waals surface area (Å²) >= 11 is 12.1. The maximum atomic E-state index is 6.17. The summed E-state index contributed by atoms with van der Waals surface area (Å²) in [7, 11) is 0. The van der Waals surface area contributed by atoms with Crippen LogP contribution in [0.25, 0.3) is 10.9 Å². The number of anilines is 1. The van der Waals surface area contributed by atoms with E-state index >= 15 is 0 Å². The Morgan fingerprint density at radius 1 is 1.18 bits per heavy atom. The molecule has 1 aromatic heterocycles. The van der Waals surface area contributed by atoms with E-state index < -0.39 is 0 Å². The molecule has 1 heterocycles. The standard InChI is InChI=1S/C12H13Cl2N3/c1-6(2)15-11-8-4-7(3)5-9(13)10(8)16-12(14)17-11/h4-6H,1-3H3,(H,15,16,17). The van der Waals surface area contributed by atoms with E-state index in [1.54, 1.807) is 0 Å². The SMILES string of the molecule is Cc1cc(Cl)c2nc(Cl)nc(NC(C)C)c2c1. The van der Waals surface area contributed by atoms with Gasteiger partial charge in [-0.15, -0.1) is 0 Å².